The number of rotatable bonds is 5. The molecule has 0 unspecified atom stereocenters. The summed E-state index contributed by atoms with van der Waals surface area (Å²) in [5, 5.41) is 0.651. The number of carbonyl (C=O) groups is 1. The van der Waals surface area contributed by atoms with Crippen LogP contribution in [0.15, 0.2) is 22.7 Å². The van der Waals surface area contributed by atoms with E-state index < -0.39 is 0 Å². The highest BCUT2D eigenvalue weighted by Crippen LogP contribution is 2.39. The third-order valence-corrected chi connectivity index (χ3v) is 5.17. The molecule has 0 aromatic heterocycles. The Morgan fingerprint density at radius 2 is 2.00 bits per heavy atom. The number of hydrogen-bond donors (Lipinski definition) is 1. The van der Waals surface area contributed by atoms with Gasteiger partial charge in [-0.2, -0.15) is 0 Å². The lowest BCUT2D eigenvalue weighted by Crippen LogP contribution is -2.35. The van der Waals surface area contributed by atoms with Crippen LogP contribution in [0.25, 0.3) is 0 Å². The van der Waals surface area contributed by atoms with Gasteiger partial charge in [0.25, 0.3) is 0 Å². The Bertz CT molecular complexity index is 483. The lowest BCUT2D eigenvalue weighted by Gasteiger charge is -2.35. The smallest absolute Gasteiger partial charge is 0.137 e. The fourth-order valence-electron chi connectivity index (χ4n) is 3.11. The van der Waals surface area contributed by atoms with E-state index in [0.29, 0.717) is 24.4 Å². The average molecular weight is 359 g/mol. The van der Waals surface area contributed by atoms with E-state index in [9.17, 15) is 4.79 Å². The van der Waals surface area contributed by atoms with Crippen LogP contribution in [0.3, 0.4) is 0 Å². The Labute approximate surface area is 134 Å². The molecule has 0 heterocycles. The van der Waals surface area contributed by atoms with Gasteiger partial charge < -0.3 is 5.73 Å². The second-order valence-electron chi connectivity index (χ2n) is 5.89. The van der Waals surface area contributed by atoms with E-state index in [-0.39, 0.29) is 11.2 Å². The molecule has 1 saturated carbocycles. The topological polar surface area (TPSA) is 43.1 Å². The molecule has 0 amide bonds. The van der Waals surface area contributed by atoms with Gasteiger partial charge >= 0.3 is 0 Å². The second-order valence-corrected chi connectivity index (χ2v) is 7.22. The predicted octanol–water partition coefficient (Wildman–Crippen LogP) is 4.51. The largest absolute Gasteiger partial charge is 0.330 e. The molecule has 0 atom stereocenters. The van der Waals surface area contributed by atoms with Gasteiger partial charge in [-0.05, 0) is 42.5 Å². The molecule has 1 aliphatic carbocycles. The SMILES string of the molecule is NCC1(CC(=O)Cc2ccc(Br)cc2Cl)CCCCC1. The first-order valence-electron chi connectivity index (χ1n) is 7.20. The van der Waals surface area contributed by atoms with Gasteiger partial charge in [0.2, 0.25) is 0 Å². The van der Waals surface area contributed by atoms with Crippen molar-refractivity contribution in [3.05, 3.63) is 33.3 Å². The minimum Gasteiger partial charge on any atom is -0.330 e. The van der Waals surface area contributed by atoms with Crippen molar-refractivity contribution in [2.75, 3.05) is 6.54 Å². The van der Waals surface area contributed by atoms with Crippen LogP contribution in [0.1, 0.15) is 44.1 Å². The first-order valence-corrected chi connectivity index (χ1v) is 8.37. The average Bonchev–Trinajstić information content (AvgIpc) is 2.43. The molecule has 4 heteroatoms. The van der Waals surface area contributed by atoms with E-state index in [1.54, 1.807) is 0 Å². The maximum Gasteiger partial charge on any atom is 0.137 e. The van der Waals surface area contributed by atoms with Crippen LogP contribution in [0.5, 0.6) is 0 Å². The van der Waals surface area contributed by atoms with Gasteiger partial charge in [0.05, 0.1) is 0 Å². The molecule has 0 spiro atoms. The first-order chi connectivity index (χ1) is 9.54. The molecule has 0 aliphatic heterocycles. The van der Waals surface area contributed by atoms with E-state index in [0.717, 1.165) is 22.9 Å². The molecule has 1 aliphatic rings. The zero-order valence-corrected chi connectivity index (χ0v) is 14.0. The highest BCUT2D eigenvalue weighted by molar-refractivity contribution is 9.10. The quantitative estimate of drug-likeness (QED) is 0.841. The summed E-state index contributed by atoms with van der Waals surface area (Å²) >= 11 is 9.55. The van der Waals surface area contributed by atoms with Crippen LogP contribution in [0.2, 0.25) is 5.02 Å². The van der Waals surface area contributed by atoms with Crippen LogP contribution in [0, 0.1) is 5.41 Å². The van der Waals surface area contributed by atoms with E-state index in [1.165, 1.54) is 19.3 Å². The Balaban J connectivity index is 2.00. The van der Waals surface area contributed by atoms with Crippen molar-refractivity contribution in [3.8, 4) is 0 Å². The number of carbonyl (C=O) groups excluding carboxylic acids is 1. The predicted molar refractivity (Wildman–Crippen MR) is 87.1 cm³/mol. The van der Waals surface area contributed by atoms with Crippen molar-refractivity contribution >= 4 is 33.3 Å². The summed E-state index contributed by atoms with van der Waals surface area (Å²) in [4.78, 5) is 12.4. The van der Waals surface area contributed by atoms with Crippen LogP contribution < -0.4 is 5.73 Å². The number of ketones is 1. The van der Waals surface area contributed by atoms with Gasteiger partial charge in [0, 0.05) is 22.3 Å². The molecule has 110 valence electrons. The van der Waals surface area contributed by atoms with Gasteiger partial charge in [-0.3, -0.25) is 4.79 Å². The summed E-state index contributed by atoms with van der Waals surface area (Å²) in [5.41, 5.74) is 6.89. The molecule has 20 heavy (non-hydrogen) atoms. The molecule has 1 aromatic rings. The normalized spacial score (nSPS) is 17.9. The number of halogens is 2. The highest BCUT2D eigenvalue weighted by Gasteiger charge is 2.32. The fourth-order valence-corrected chi connectivity index (χ4v) is 3.85. The van der Waals surface area contributed by atoms with Crippen molar-refractivity contribution in [1.29, 1.82) is 0 Å². The molecule has 2 N–H and O–H groups in total. The molecule has 0 radical (unpaired) electrons. The number of Topliss-reactive ketones (excluding diaryl/α,β-unsaturated/α-hetero) is 1. The summed E-state index contributed by atoms with van der Waals surface area (Å²) in [6, 6.07) is 5.68. The summed E-state index contributed by atoms with van der Waals surface area (Å²) in [5.74, 6) is 0.251. The van der Waals surface area contributed by atoms with Crippen molar-refractivity contribution in [1.82, 2.24) is 0 Å². The van der Waals surface area contributed by atoms with Crippen molar-refractivity contribution in [2.24, 2.45) is 11.1 Å². The minimum absolute atomic E-state index is 0.0389. The van der Waals surface area contributed by atoms with Crippen molar-refractivity contribution < 1.29 is 4.79 Å². The van der Waals surface area contributed by atoms with Crippen LogP contribution in [-0.2, 0) is 11.2 Å². The maximum absolute atomic E-state index is 12.4. The van der Waals surface area contributed by atoms with Gasteiger partial charge in [-0.25, -0.2) is 0 Å². The lowest BCUT2D eigenvalue weighted by atomic mass is 9.70. The Morgan fingerprint density at radius 1 is 1.30 bits per heavy atom. The first kappa shape index (κ1) is 16.0. The van der Waals surface area contributed by atoms with Crippen molar-refractivity contribution in [3.63, 3.8) is 0 Å². The van der Waals surface area contributed by atoms with Crippen LogP contribution in [0.4, 0.5) is 0 Å². The number of nitrogens with two attached hydrogens (primary N) is 1. The molecule has 2 nitrogen and oxygen atoms in total. The van der Waals surface area contributed by atoms with E-state index >= 15 is 0 Å². The Morgan fingerprint density at radius 3 is 2.60 bits per heavy atom. The Hall–Kier alpha value is -0.380. The van der Waals surface area contributed by atoms with Gasteiger partial charge in [-0.15, -0.1) is 0 Å². The summed E-state index contributed by atoms with van der Waals surface area (Å²) < 4.78 is 0.935. The molecule has 2 rings (SSSR count). The van der Waals surface area contributed by atoms with E-state index in [4.69, 9.17) is 17.3 Å². The third-order valence-electron chi connectivity index (χ3n) is 4.32. The zero-order chi connectivity index (χ0) is 14.6. The second kappa shape index (κ2) is 7.06. The van der Waals surface area contributed by atoms with Crippen LogP contribution in [-0.4, -0.2) is 12.3 Å². The summed E-state index contributed by atoms with van der Waals surface area (Å²) in [6.45, 7) is 0.618. The summed E-state index contributed by atoms with van der Waals surface area (Å²) in [7, 11) is 0. The molecule has 0 saturated heterocycles. The van der Waals surface area contributed by atoms with E-state index in [2.05, 4.69) is 15.9 Å². The van der Waals surface area contributed by atoms with Crippen LogP contribution >= 0.6 is 27.5 Å². The van der Waals surface area contributed by atoms with Gasteiger partial charge in [0.15, 0.2) is 0 Å². The number of benzene rings is 1. The fraction of sp³-hybridized carbons (Fsp3) is 0.562. The Kier molecular flexibility index (Phi) is 5.65. The molecular formula is C16H21BrClNO. The molecule has 1 fully saturated rings. The summed E-state index contributed by atoms with van der Waals surface area (Å²) in [6.07, 6.45) is 6.85. The third kappa shape index (κ3) is 4.06. The van der Waals surface area contributed by atoms with Gasteiger partial charge in [0.1, 0.15) is 5.78 Å². The molecule has 1 aromatic carbocycles. The maximum atomic E-state index is 12.4. The molecule has 0 bridgehead atoms. The lowest BCUT2D eigenvalue weighted by molar-refractivity contribution is -0.121. The highest BCUT2D eigenvalue weighted by atomic mass is 79.9. The zero-order valence-electron chi connectivity index (χ0n) is 11.6. The van der Waals surface area contributed by atoms with E-state index in [1.807, 2.05) is 18.2 Å². The standard InChI is InChI=1S/C16H21BrClNO/c17-13-5-4-12(15(18)9-13)8-14(20)10-16(11-19)6-2-1-3-7-16/h4-5,9H,1-3,6-8,10-11,19H2. The molecular weight excluding hydrogens is 338 g/mol. The minimum atomic E-state index is 0.0389. The van der Waals surface area contributed by atoms with Crippen molar-refractivity contribution in [2.45, 2.75) is 44.9 Å². The number of hydrogen-bond acceptors (Lipinski definition) is 2. The van der Waals surface area contributed by atoms with Gasteiger partial charge in [-0.1, -0.05) is 52.9 Å². The monoisotopic (exact) mass is 357 g/mol.